The first kappa shape index (κ1) is 10.8. The van der Waals surface area contributed by atoms with E-state index < -0.39 is 5.60 Å². The molecule has 0 aromatic carbocycles. The first-order valence-corrected chi connectivity index (χ1v) is 6.10. The van der Waals surface area contributed by atoms with Gasteiger partial charge in [-0.3, -0.25) is 9.89 Å². The second-order valence-electron chi connectivity index (χ2n) is 3.97. The van der Waals surface area contributed by atoms with Gasteiger partial charge in [-0.15, -0.1) is 0 Å². The van der Waals surface area contributed by atoms with Crippen molar-refractivity contribution in [1.82, 2.24) is 10.2 Å². The van der Waals surface area contributed by atoms with Crippen molar-refractivity contribution in [2.24, 2.45) is 0 Å². The Morgan fingerprint density at radius 1 is 1.53 bits per heavy atom. The van der Waals surface area contributed by atoms with E-state index in [9.17, 15) is 9.90 Å². The van der Waals surface area contributed by atoms with Crippen molar-refractivity contribution in [3.8, 4) is 0 Å². The largest absolute Gasteiger partial charge is 0.384 e. The second-order valence-corrected chi connectivity index (χ2v) is 4.53. The third-order valence-corrected chi connectivity index (χ3v) is 3.57. The van der Waals surface area contributed by atoms with E-state index in [-0.39, 0.29) is 5.78 Å². The maximum atomic E-state index is 11.1. The summed E-state index contributed by atoms with van der Waals surface area (Å²) in [5.41, 5.74) is 0.826. The minimum Gasteiger partial charge on any atom is -0.384 e. The lowest BCUT2D eigenvalue weighted by atomic mass is 9.81. The Kier molecular flexibility index (Phi) is 2.93. The van der Waals surface area contributed by atoms with Gasteiger partial charge in [-0.05, 0) is 12.8 Å². The van der Waals surface area contributed by atoms with Crippen molar-refractivity contribution in [2.75, 3.05) is 0 Å². The lowest BCUT2D eigenvalue weighted by Crippen LogP contribution is -2.32. The Morgan fingerprint density at radius 2 is 2.20 bits per heavy atom. The molecule has 0 amide bonds. The van der Waals surface area contributed by atoms with Crippen LogP contribution in [0.25, 0.3) is 0 Å². The maximum Gasteiger partial charge on any atom is 0.133 e. The highest BCUT2D eigenvalue weighted by Crippen LogP contribution is 2.36. The van der Waals surface area contributed by atoms with Gasteiger partial charge in [-0.2, -0.15) is 5.10 Å². The fourth-order valence-electron chi connectivity index (χ4n) is 2.01. The average Bonchev–Trinajstić information content (AvgIpc) is 2.71. The Balaban J connectivity index is 2.25. The molecule has 15 heavy (non-hydrogen) atoms. The third-order valence-electron chi connectivity index (χ3n) is 2.96. The van der Waals surface area contributed by atoms with E-state index in [1.807, 2.05) is 0 Å². The molecule has 1 aromatic heterocycles. The molecule has 0 radical (unpaired) electrons. The molecule has 5 heteroatoms. The Hall–Kier alpha value is -0.680. The second kappa shape index (κ2) is 4.06. The summed E-state index contributed by atoms with van der Waals surface area (Å²) in [6, 6.07) is 0. The number of nitrogens with one attached hydrogen (secondary N) is 1. The van der Waals surface area contributed by atoms with Crippen LogP contribution < -0.4 is 0 Å². The predicted octanol–water partition coefficient (Wildman–Crippen LogP) is 1.64. The number of hydrogen-bond donors (Lipinski definition) is 2. The molecule has 1 aliphatic rings. The highest BCUT2D eigenvalue weighted by molar-refractivity contribution is 9.08. The molecule has 1 aromatic rings. The van der Waals surface area contributed by atoms with E-state index in [2.05, 4.69) is 26.1 Å². The molecule has 1 saturated carbocycles. The summed E-state index contributed by atoms with van der Waals surface area (Å²) in [6.45, 7) is 0. The fraction of sp³-hybridized carbons (Fsp3) is 0.600. The molecule has 0 unspecified atom stereocenters. The van der Waals surface area contributed by atoms with E-state index in [0.717, 1.165) is 11.3 Å². The van der Waals surface area contributed by atoms with Gasteiger partial charge in [0.1, 0.15) is 11.4 Å². The van der Waals surface area contributed by atoms with Gasteiger partial charge in [-0.25, -0.2) is 0 Å². The Morgan fingerprint density at radius 3 is 2.80 bits per heavy atom. The third kappa shape index (κ3) is 1.99. The lowest BCUT2D eigenvalue weighted by molar-refractivity contribution is -0.126. The van der Waals surface area contributed by atoms with Gasteiger partial charge in [0, 0.05) is 23.7 Å². The van der Waals surface area contributed by atoms with Crippen LogP contribution in [0.2, 0.25) is 0 Å². The number of alkyl halides is 1. The molecule has 0 spiro atoms. The summed E-state index contributed by atoms with van der Waals surface area (Å²) >= 11 is 3.35. The number of ketones is 1. The SMILES string of the molecule is O=C1CCC(O)(c2[nH]ncc2CBr)CC1. The number of Topliss-reactive ketones (excluding diaryl/α,β-unsaturated/α-hetero) is 1. The number of carbonyl (C=O) groups is 1. The summed E-state index contributed by atoms with van der Waals surface area (Å²) in [4.78, 5) is 11.1. The average molecular weight is 273 g/mol. The smallest absolute Gasteiger partial charge is 0.133 e. The van der Waals surface area contributed by atoms with Crippen molar-refractivity contribution in [1.29, 1.82) is 0 Å². The summed E-state index contributed by atoms with van der Waals surface area (Å²) in [7, 11) is 0. The summed E-state index contributed by atoms with van der Waals surface area (Å²) < 4.78 is 0. The van der Waals surface area contributed by atoms with Crippen LogP contribution in [0.15, 0.2) is 6.20 Å². The van der Waals surface area contributed by atoms with Crippen LogP contribution in [0.1, 0.15) is 36.9 Å². The Bertz CT molecular complexity index is 365. The number of aliphatic hydroxyl groups is 1. The van der Waals surface area contributed by atoms with E-state index in [0.29, 0.717) is 31.0 Å². The van der Waals surface area contributed by atoms with Crippen LogP contribution in [-0.4, -0.2) is 21.1 Å². The van der Waals surface area contributed by atoms with Crippen LogP contribution in [-0.2, 0) is 15.7 Å². The number of H-pyrrole nitrogens is 1. The van der Waals surface area contributed by atoms with Gasteiger partial charge < -0.3 is 5.11 Å². The van der Waals surface area contributed by atoms with Gasteiger partial charge in [0.2, 0.25) is 0 Å². The van der Waals surface area contributed by atoms with Crippen LogP contribution in [0.3, 0.4) is 0 Å². The zero-order chi connectivity index (χ0) is 10.9. The fourth-order valence-corrected chi connectivity index (χ4v) is 2.43. The summed E-state index contributed by atoms with van der Waals surface area (Å²) in [6.07, 6.45) is 3.61. The number of halogens is 1. The van der Waals surface area contributed by atoms with E-state index >= 15 is 0 Å². The van der Waals surface area contributed by atoms with Crippen molar-refractivity contribution >= 4 is 21.7 Å². The number of rotatable bonds is 2. The number of aromatic amines is 1. The van der Waals surface area contributed by atoms with Gasteiger partial charge in [0.05, 0.1) is 11.9 Å². The van der Waals surface area contributed by atoms with Crippen LogP contribution in [0.5, 0.6) is 0 Å². The minimum atomic E-state index is -0.895. The predicted molar refractivity (Wildman–Crippen MR) is 58.6 cm³/mol. The first-order valence-electron chi connectivity index (χ1n) is 4.98. The number of nitrogens with zero attached hydrogens (tertiary/aromatic N) is 1. The molecule has 0 aliphatic heterocycles. The van der Waals surface area contributed by atoms with Crippen LogP contribution >= 0.6 is 15.9 Å². The molecule has 0 atom stereocenters. The van der Waals surface area contributed by atoms with E-state index in [1.54, 1.807) is 6.20 Å². The quantitative estimate of drug-likeness (QED) is 0.805. The number of aromatic nitrogens is 2. The molecule has 1 heterocycles. The van der Waals surface area contributed by atoms with Crippen molar-refractivity contribution in [3.63, 3.8) is 0 Å². The molecule has 0 saturated heterocycles. The lowest BCUT2D eigenvalue weighted by Gasteiger charge is -2.31. The zero-order valence-corrected chi connectivity index (χ0v) is 9.88. The summed E-state index contributed by atoms with van der Waals surface area (Å²) in [5, 5.41) is 17.9. The van der Waals surface area contributed by atoms with E-state index in [4.69, 9.17) is 0 Å². The van der Waals surface area contributed by atoms with Crippen molar-refractivity contribution in [2.45, 2.75) is 36.6 Å². The van der Waals surface area contributed by atoms with E-state index in [1.165, 1.54) is 0 Å². The zero-order valence-electron chi connectivity index (χ0n) is 8.29. The molecule has 2 N–H and O–H groups in total. The molecular weight excluding hydrogens is 260 g/mol. The van der Waals surface area contributed by atoms with Crippen molar-refractivity contribution in [3.05, 3.63) is 17.5 Å². The van der Waals surface area contributed by atoms with Gasteiger partial charge >= 0.3 is 0 Å². The molecule has 4 nitrogen and oxygen atoms in total. The molecule has 1 fully saturated rings. The topological polar surface area (TPSA) is 66.0 Å². The molecule has 0 bridgehead atoms. The van der Waals surface area contributed by atoms with Gasteiger partial charge in [0.25, 0.3) is 0 Å². The summed E-state index contributed by atoms with van der Waals surface area (Å²) in [5.74, 6) is 0.236. The standard InChI is InChI=1S/C10H13BrN2O2/c11-5-7-6-12-13-9(7)10(15)3-1-8(14)2-4-10/h6,15H,1-5H2,(H,12,13). The minimum absolute atomic E-state index is 0.236. The van der Waals surface area contributed by atoms with Gasteiger partial charge in [-0.1, -0.05) is 15.9 Å². The number of carbonyl (C=O) groups excluding carboxylic acids is 1. The van der Waals surface area contributed by atoms with Crippen LogP contribution in [0, 0.1) is 0 Å². The Labute approximate surface area is 96.2 Å². The van der Waals surface area contributed by atoms with Crippen molar-refractivity contribution < 1.29 is 9.90 Å². The van der Waals surface area contributed by atoms with Crippen LogP contribution in [0.4, 0.5) is 0 Å². The van der Waals surface area contributed by atoms with Gasteiger partial charge in [0.15, 0.2) is 0 Å². The molecular formula is C10H13BrN2O2. The maximum absolute atomic E-state index is 11.1. The highest BCUT2D eigenvalue weighted by Gasteiger charge is 2.36. The molecule has 2 rings (SSSR count). The monoisotopic (exact) mass is 272 g/mol. The normalized spacial score (nSPS) is 20.5. The number of hydrogen-bond acceptors (Lipinski definition) is 3. The first-order chi connectivity index (χ1) is 7.15. The molecule has 82 valence electrons. The highest BCUT2D eigenvalue weighted by atomic mass is 79.9. The molecule has 1 aliphatic carbocycles.